The summed E-state index contributed by atoms with van der Waals surface area (Å²) in [6.07, 6.45) is 0.205. The van der Waals surface area contributed by atoms with Crippen LogP contribution in [0.3, 0.4) is 0 Å². The molecular formula is C10H15N13O2. The van der Waals surface area contributed by atoms with Crippen molar-refractivity contribution in [2.45, 2.75) is 6.10 Å². The van der Waals surface area contributed by atoms with E-state index in [2.05, 4.69) is 20.2 Å². The lowest BCUT2D eigenvalue weighted by atomic mass is 10.4. The van der Waals surface area contributed by atoms with Crippen molar-refractivity contribution in [2.75, 3.05) is 35.4 Å². The normalized spacial score (nSPS) is 13.0. The summed E-state index contributed by atoms with van der Waals surface area (Å²) in [6.45, 7) is -0.252. The number of hydrogen-bond acceptors (Lipinski definition) is 11. The Hall–Kier alpha value is -3.88. The number of nitrogen functional groups attached to an aromatic ring is 5. The Morgan fingerprint density at radius 3 is 2.60 bits per heavy atom. The predicted octanol–water partition coefficient (Wildman–Crippen LogP) is -3.42. The van der Waals surface area contributed by atoms with Crippen LogP contribution in [0.2, 0.25) is 0 Å². The maximum Gasteiger partial charge on any atom is 0.226 e. The summed E-state index contributed by atoms with van der Waals surface area (Å²) < 4.78 is 2.61. The second kappa shape index (κ2) is 4.81. The van der Waals surface area contributed by atoms with Crippen molar-refractivity contribution >= 4 is 34.4 Å². The summed E-state index contributed by atoms with van der Waals surface area (Å²) >= 11 is 0. The van der Waals surface area contributed by atoms with Gasteiger partial charge in [-0.1, -0.05) is 0 Å². The molecule has 0 spiro atoms. The summed E-state index contributed by atoms with van der Waals surface area (Å²) in [5, 5.41) is 18.2. The highest BCUT2D eigenvalue weighted by molar-refractivity contribution is 5.78. The van der Waals surface area contributed by atoms with E-state index in [4.69, 9.17) is 33.6 Å². The summed E-state index contributed by atoms with van der Waals surface area (Å²) in [6, 6.07) is 0. The Balaban J connectivity index is 1.63. The van der Waals surface area contributed by atoms with Gasteiger partial charge in [0.05, 0.1) is 6.20 Å². The van der Waals surface area contributed by atoms with Crippen LogP contribution in [-0.4, -0.2) is 50.8 Å². The van der Waals surface area contributed by atoms with E-state index in [1.54, 1.807) is 0 Å². The van der Waals surface area contributed by atoms with Gasteiger partial charge in [-0.05, 0) is 4.96 Å². The number of imidazole rings is 2. The van der Waals surface area contributed by atoms with Gasteiger partial charge < -0.3 is 38.7 Å². The minimum atomic E-state index is -1.22. The van der Waals surface area contributed by atoms with Crippen LogP contribution in [0.5, 0.6) is 0 Å². The molecule has 4 aromatic heterocycles. The molecule has 1 unspecified atom stereocenters. The average molecular weight is 349 g/mol. The van der Waals surface area contributed by atoms with E-state index in [1.807, 2.05) is 0 Å². The van der Waals surface area contributed by atoms with Gasteiger partial charge in [-0.2, -0.15) is 14.0 Å². The molecule has 11 N–H and O–H groups in total. The number of hydrogen-bond donors (Lipinski definition) is 6. The number of aliphatic hydroxyl groups excluding tert-OH is 1. The van der Waals surface area contributed by atoms with Crippen LogP contribution in [0.4, 0.5) is 23.4 Å². The molecule has 15 heteroatoms. The maximum absolute atomic E-state index is 10.4. The molecule has 4 aromatic rings. The Morgan fingerprint density at radius 2 is 1.84 bits per heavy atom. The van der Waals surface area contributed by atoms with Crippen LogP contribution in [0.15, 0.2) is 6.20 Å². The maximum atomic E-state index is 10.4. The van der Waals surface area contributed by atoms with Crippen molar-refractivity contribution < 1.29 is 9.94 Å². The number of nitrogens with two attached hydrogens (primary N) is 5. The van der Waals surface area contributed by atoms with Crippen LogP contribution in [0, 0.1) is 0 Å². The Kier molecular flexibility index (Phi) is 2.83. The fourth-order valence-corrected chi connectivity index (χ4v) is 2.53. The van der Waals surface area contributed by atoms with Gasteiger partial charge in [-0.3, -0.25) is 0 Å². The number of fused-ring (bicyclic) bond motifs is 2. The zero-order valence-electron chi connectivity index (χ0n) is 12.7. The number of aliphatic hydroxyl groups is 1. The third kappa shape index (κ3) is 1.96. The molecule has 4 heterocycles. The highest BCUT2D eigenvalue weighted by Crippen LogP contribution is 2.23. The van der Waals surface area contributed by atoms with Gasteiger partial charge in [0, 0.05) is 0 Å². The largest absolute Gasteiger partial charge is 0.382 e. The third-order valence-corrected chi connectivity index (χ3v) is 3.60. The molecule has 15 nitrogen and oxygen atoms in total. The Bertz CT molecular complexity index is 1080. The highest BCUT2D eigenvalue weighted by atomic mass is 16.7. The smallest absolute Gasteiger partial charge is 0.226 e. The number of aromatic nitrogens is 8. The van der Waals surface area contributed by atoms with Crippen molar-refractivity contribution in [2.24, 2.45) is 0 Å². The van der Waals surface area contributed by atoms with Crippen LogP contribution >= 0.6 is 0 Å². The molecule has 0 amide bonds. The second-order valence-corrected chi connectivity index (χ2v) is 5.18. The van der Waals surface area contributed by atoms with Gasteiger partial charge in [0.15, 0.2) is 41.5 Å². The van der Waals surface area contributed by atoms with E-state index in [0.29, 0.717) is 11.0 Å². The van der Waals surface area contributed by atoms with Crippen molar-refractivity contribution in [3.63, 3.8) is 0 Å². The summed E-state index contributed by atoms with van der Waals surface area (Å²) in [4.78, 5) is 15.3. The molecule has 0 aliphatic carbocycles. The first-order chi connectivity index (χ1) is 11.9. The lowest BCUT2D eigenvalue weighted by Crippen LogP contribution is -2.26. The molecule has 4 rings (SSSR count). The summed E-state index contributed by atoms with van der Waals surface area (Å²) in [5.74, 6) is 6.25. The van der Waals surface area contributed by atoms with Crippen LogP contribution < -0.4 is 33.6 Å². The van der Waals surface area contributed by atoms with Gasteiger partial charge in [0.1, 0.15) is 5.52 Å². The number of nitrogens with zero attached hydrogens (tertiary/aromatic N) is 8. The molecule has 0 saturated carbocycles. The van der Waals surface area contributed by atoms with E-state index < -0.39 is 6.10 Å². The minimum absolute atomic E-state index is 0.0800. The van der Waals surface area contributed by atoms with Gasteiger partial charge in [0.2, 0.25) is 5.95 Å². The van der Waals surface area contributed by atoms with E-state index in [-0.39, 0.29) is 35.8 Å². The van der Waals surface area contributed by atoms with E-state index in [0.717, 1.165) is 9.87 Å². The topological polar surface area (TPSA) is 230 Å². The molecule has 0 aromatic carbocycles. The summed E-state index contributed by atoms with van der Waals surface area (Å²) in [5.41, 5.74) is 23.7. The predicted molar refractivity (Wildman–Crippen MR) is 86.2 cm³/mol. The standard InChI is InChI=1S/C10H15N13O2/c11-6-3-1-16-23(20(3)10(14)18-6)25-2-4(24)9-17-7(12)5-8(13)19-22(15)21(5)9/h1,4,24H,2,11-12,15H2,(H2,13,19)(H2,14,18). The fraction of sp³-hybridized carbons (Fsp3) is 0.200. The molecule has 0 saturated heterocycles. The first kappa shape index (κ1) is 14.7. The zero-order chi connectivity index (χ0) is 17.9. The molecule has 0 fully saturated rings. The van der Waals surface area contributed by atoms with Gasteiger partial charge in [-0.15, -0.1) is 15.1 Å². The Labute approximate surface area is 138 Å². The van der Waals surface area contributed by atoms with Crippen molar-refractivity contribution in [3.8, 4) is 0 Å². The molecule has 1 atom stereocenters. The lowest BCUT2D eigenvalue weighted by Gasteiger charge is -2.11. The fourth-order valence-electron chi connectivity index (χ4n) is 2.53. The second-order valence-electron chi connectivity index (χ2n) is 5.18. The van der Waals surface area contributed by atoms with Crippen LogP contribution in [0.25, 0.3) is 11.0 Å². The first-order valence-corrected chi connectivity index (χ1v) is 6.95. The van der Waals surface area contributed by atoms with Crippen molar-refractivity contribution in [1.29, 1.82) is 0 Å². The van der Waals surface area contributed by atoms with Crippen LogP contribution in [-0.2, 0) is 0 Å². The van der Waals surface area contributed by atoms with Gasteiger partial charge in [-0.25, -0.2) is 4.98 Å². The lowest BCUT2D eigenvalue weighted by molar-refractivity contribution is -0.0155. The quantitative estimate of drug-likeness (QED) is 0.198. The Morgan fingerprint density at radius 1 is 1.08 bits per heavy atom. The van der Waals surface area contributed by atoms with E-state index >= 15 is 0 Å². The minimum Gasteiger partial charge on any atom is -0.382 e. The molecule has 0 aliphatic rings. The van der Waals surface area contributed by atoms with Crippen molar-refractivity contribution in [3.05, 3.63) is 12.0 Å². The molecule has 132 valence electrons. The van der Waals surface area contributed by atoms with Crippen LogP contribution in [0.1, 0.15) is 11.9 Å². The van der Waals surface area contributed by atoms with E-state index in [1.165, 1.54) is 15.2 Å². The molecule has 0 aliphatic heterocycles. The molecule has 25 heavy (non-hydrogen) atoms. The third-order valence-electron chi connectivity index (χ3n) is 3.60. The van der Waals surface area contributed by atoms with E-state index in [9.17, 15) is 5.11 Å². The number of rotatable bonds is 4. The SMILES string of the molecule is Nc1nc(C(O)COn2ncc3c(N)nc(N)n32)n2c1c(N)nn2N. The summed E-state index contributed by atoms with van der Waals surface area (Å²) in [7, 11) is 0. The molecule has 0 bridgehead atoms. The van der Waals surface area contributed by atoms with Gasteiger partial charge >= 0.3 is 0 Å². The molecular weight excluding hydrogens is 334 g/mol. The first-order valence-electron chi connectivity index (χ1n) is 6.95. The number of anilines is 4. The van der Waals surface area contributed by atoms with Gasteiger partial charge in [0.25, 0.3) is 0 Å². The van der Waals surface area contributed by atoms with Crippen molar-refractivity contribution in [1.82, 2.24) is 39.1 Å². The highest BCUT2D eigenvalue weighted by Gasteiger charge is 2.23. The average Bonchev–Trinajstić information content (AvgIpc) is 3.25. The monoisotopic (exact) mass is 349 g/mol. The zero-order valence-corrected chi connectivity index (χ0v) is 12.7. The molecule has 0 radical (unpaired) electrons.